The molecule has 1 aliphatic carbocycles. The van der Waals surface area contributed by atoms with Crippen molar-refractivity contribution in [2.45, 2.75) is 12.8 Å². The Balaban J connectivity index is 1.52. The number of pyridine rings is 1. The van der Waals surface area contributed by atoms with Gasteiger partial charge in [0.1, 0.15) is 11.2 Å². The Bertz CT molecular complexity index is 1070. The fourth-order valence-electron chi connectivity index (χ4n) is 3.12. The number of hydrogen-bond donors (Lipinski definition) is 2. The monoisotopic (exact) mass is 395 g/mol. The Labute approximate surface area is 166 Å². The van der Waals surface area contributed by atoms with Crippen molar-refractivity contribution in [1.29, 1.82) is 0 Å². The molecule has 1 heterocycles. The van der Waals surface area contributed by atoms with Crippen LogP contribution < -0.4 is 15.4 Å². The molecule has 3 aromatic rings. The Morgan fingerprint density at radius 3 is 2.54 bits per heavy atom. The van der Waals surface area contributed by atoms with E-state index in [0.717, 1.165) is 5.39 Å². The molecule has 7 heteroatoms. The minimum atomic E-state index is -1.08. The molecule has 142 valence electrons. The first-order chi connectivity index (χ1) is 13.5. The lowest BCUT2D eigenvalue weighted by atomic mass is 10.0. The third kappa shape index (κ3) is 3.27. The van der Waals surface area contributed by atoms with Gasteiger partial charge in [-0.15, -0.1) is 0 Å². The van der Waals surface area contributed by atoms with Crippen molar-refractivity contribution in [2.75, 3.05) is 17.7 Å². The number of para-hydroxylation sites is 1. The molecule has 0 unspecified atom stereocenters. The summed E-state index contributed by atoms with van der Waals surface area (Å²) in [6, 6.07) is 14.3. The van der Waals surface area contributed by atoms with Gasteiger partial charge in [0.2, 0.25) is 11.8 Å². The normalized spacial score (nSPS) is 14.4. The number of anilines is 2. The van der Waals surface area contributed by atoms with Crippen LogP contribution in [0.5, 0.6) is 5.75 Å². The van der Waals surface area contributed by atoms with Crippen LogP contribution in [0.4, 0.5) is 11.4 Å². The highest BCUT2D eigenvalue weighted by atomic mass is 35.5. The number of carbonyl (C=O) groups excluding carboxylic acids is 2. The van der Waals surface area contributed by atoms with E-state index >= 15 is 0 Å². The van der Waals surface area contributed by atoms with Gasteiger partial charge in [-0.1, -0.05) is 29.8 Å². The number of rotatable bonds is 5. The van der Waals surface area contributed by atoms with Crippen LogP contribution in [0.2, 0.25) is 5.02 Å². The van der Waals surface area contributed by atoms with Gasteiger partial charge in [-0.05, 0) is 43.2 Å². The van der Waals surface area contributed by atoms with E-state index in [1.54, 1.807) is 30.5 Å². The smallest absolute Gasteiger partial charge is 0.240 e. The Morgan fingerprint density at radius 1 is 1.07 bits per heavy atom. The minimum Gasteiger partial charge on any atom is -0.495 e. The molecule has 4 rings (SSSR count). The summed E-state index contributed by atoms with van der Waals surface area (Å²) in [5.41, 5.74) is 0.719. The molecule has 1 saturated carbocycles. The highest BCUT2D eigenvalue weighted by molar-refractivity contribution is 6.32. The Hall–Kier alpha value is -3.12. The molecule has 0 atom stereocenters. The van der Waals surface area contributed by atoms with Crippen molar-refractivity contribution >= 4 is 45.7 Å². The molecule has 0 bridgehead atoms. The van der Waals surface area contributed by atoms with E-state index in [2.05, 4.69) is 15.6 Å². The van der Waals surface area contributed by atoms with Gasteiger partial charge < -0.3 is 15.4 Å². The molecule has 1 aromatic heterocycles. The van der Waals surface area contributed by atoms with Gasteiger partial charge in [0, 0.05) is 17.3 Å². The van der Waals surface area contributed by atoms with E-state index < -0.39 is 5.41 Å². The van der Waals surface area contributed by atoms with E-state index in [4.69, 9.17) is 16.3 Å². The number of benzene rings is 2. The van der Waals surface area contributed by atoms with Gasteiger partial charge in [-0.3, -0.25) is 14.6 Å². The van der Waals surface area contributed by atoms with Gasteiger partial charge in [0.05, 0.1) is 23.3 Å². The number of halogens is 1. The molecule has 28 heavy (non-hydrogen) atoms. The number of nitrogens with zero attached hydrogens (tertiary/aromatic N) is 1. The van der Waals surface area contributed by atoms with Crippen LogP contribution in [-0.4, -0.2) is 23.9 Å². The average molecular weight is 396 g/mol. The first-order valence-corrected chi connectivity index (χ1v) is 9.21. The molecule has 0 radical (unpaired) electrons. The van der Waals surface area contributed by atoms with Crippen LogP contribution in [0.3, 0.4) is 0 Å². The van der Waals surface area contributed by atoms with Crippen LogP contribution in [0.25, 0.3) is 10.9 Å². The van der Waals surface area contributed by atoms with Gasteiger partial charge in [0.15, 0.2) is 0 Å². The second-order valence-corrected chi connectivity index (χ2v) is 7.13. The predicted molar refractivity (Wildman–Crippen MR) is 109 cm³/mol. The molecule has 6 nitrogen and oxygen atoms in total. The predicted octanol–water partition coefficient (Wildman–Crippen LogP) is 4.25. The SMILES string of the molecule is COc1ccc(NC(=O)C2(C(=O)Nc3cccc4cccnc34)CC2)cc1Cl. The average Bonchev–Trinajstić information content (AvgIpc) is 3.51. The second-order valence-electron chi connectivity index (χ2n) is 6.72. The number of ether oxygens (including phenoxy) is 1. The first kappa shape index (κ1) is 18.3. The molecule has 2 amide bonds. The van der Waals surface area contributed by atoms with Crippen LogP contribution in [0.15, 0.2) is 54.7 Å². The van der Waals surface area contributed by atoms with Crippen LogP contribution >= 0.6 is 11.6 Å². The number of carbonyl (C=O) groups is 2. The van der Waals surface area contributed by atoms with Crippen molar-refractivity contribution in [3.63, 3.8) is 0 Å². The summed E-state index contributed by atoms with van der Waals surface area (Å²) in [4.78, 5) is 30.0. The molecule has 0 aliphatic heterocycles. The van der Waals surface area contributed by atoms with E-state index in [1.165, 1.54) is 7.11 Å². The first-order valence-electron chi connectivity index (χ1n) is 8.84. The number of fused-ring (bicyclic) bond motifs is 1. The van der Waals surface area contributed by atoms with Crippen molar-refractivity contribution < 1.29 is 14.3 Å². The maximum absolute atomic E-state index is 12.9. The highest BCUT2D eigenvalue weighted by Crippen LogP contribution is 2.48. The molecular weight excluding hydrogens is 378 g/mol. The zero-order valence-electron chi connectivity index (χ0n) is 15.2. The fraction of sp³-hybridized carbons (Fsp3) is 0.190. The second kappa shape index (κ2) is 7.13. The quantitative estimate of drug-likeness (QED) is 0.633. The minimum absolute atomic E-state index is 0.331. The van der Waals surface area contributed by atoms with Gasteiger partial charge in [-0.25, -0.2) is 0 Å². The maximum Gasteiger partial charge on any atom is 0.240 e. The van der Waals surface area contributed by atoms with Gasteiger partial charge in [0.25, 0.3) is 0 Å². The van der Waals surface area contributed by atoms with Crippen molar-refractivity contribution in [3.8, 4) is 5.75 Å². The molecule has 1 fully saturated rings. The summed E-state index contributed by atoms with van der Waals surface area (Å²) in [7, 11) is 1.52. The van der Waals surface area contributed by atoms with Gasteiger partial charge in [-0.2, -0.15) is 0 Å². The summed E-state index contributed by atoms with van der Waals surface area (Å²) >= 11 is 6.11. The number of methoxy groups -OCH3 is 1. The summed E-state index contributed by atoms with van der Waals surface area (Å²) in [5, 5.41) is 6.97. The summed E-state index contributed by atoms with van der Waals surface area (Å²) in [5.74, 6) is -0.163. The van der Waals surface area contributed by atoms with E-state index in [0.29, 0.717) is 40.5 Å². The molecule has 1 aliphatic rings. The lowest BCUT2D eigenvalue weighted by Gasteiger charge is -2.16. The molecule has 2 aromatic carbocycles. The lowest BCUT2D eigenvalue weighted by molar-refractivity contribution is -0.131. The molecule has 0 saturated heterocycles. The zero-order valence-corrected chi connectivity index (χ0v) is 15.9. The number of aromatic nitrogens is 1. The topological polar surface area (TPSA) is 80.3 Å². The largest absolute Gasteiger partial charge is 0.495 e. The van der Waals surface area contributed by atoms with Crippen LogP contribution in [0, 0.1) is 5.41 Å². The van der Waals surface area contributed by atoms with Crippen molar-refractivity contribution in [2.24, 2.45) is 5.41 Å². The summed E-state index contributed by atoms with van der Waals surface area (Å²) < 4.78 is 5.11. The fourth-order valence-corrected chi connectivity index (χ4v) is 3.38. The summed E-state index contributed by atoms with van der Waals surface area (Å²) in [6.07, 6.45) is 2.66. The van der Waals surface area contributed by atoms with Gasteiger partial charge >= 0.3 is 0 Å². The van der Waals surface area contributed by atoms with Crippen molar-refractivity contribution in [1.82, 2.24) is 4.98 Å². The number of nitrogens with one attached hydrogen (secondary N) is 2. The third-order valence-electron chi connectivity index (χ3n) is 4.91. The maximum atomic E-state index is 12.9. The molecular formula is C21H18ClN3O3. The third-order valence-corrected chi connectivity index (χ3v) is 5.21. The number of amides is 2. The van der Waals surface area contributed by atoms with Crippen LogP contribution in [0.1, 0.15) is 12.8 Å². The van der Waals surface area contributed by atoms with E-state index in [-0.39, 0.29) is 11.8 Å². The number of hydrogen-bond acceptors (Lipinski definition) is 4. The molecule has 2 N–H and O–H groups in total. The van der Waals surface area contributed by atoms with Crippen LogP contribution in [-0.2, 0) is 9.59 Å². The highest BCUT2D eigenvalue weighted by Gasteiger charge is 2.56. The summed E-state index contributed by atoms with van der Waals surface area (Å²) in [6.45, 7) is 0. The zero-order chi connectivity index (χ0) is 19.7. The Kier molecular flexibility index (Phi) is 4.65. The van der Waals surface area contributed by atoms with E-state index in [1.807, 2.05) is 24.3 Å². The molecule has 0 spiro atoms. The lowest BCUT2D eigenvalue weighted by Crippen LogP contribution is -2.35. The van der Waals surface area contributed by atoms with E-state index in [9.17, 15) is 9.59 Å². The van der Waals surface area contributed by atoms with Crippen molar-refractivity contribution in [3.05, 3.63) is 59.8 Å². The standard InChI is InChI=1S/C21H18ClN3O3/c1-28-17-8-7-14(12-15(17)22)24-19(26)21(9-10-21)20(27)25-16-6-2-4-13-5-3-11-23-18(13)16/h2-8,11-12H,9-10H2,1H3,(H,24,26)(H,25,27). The Morgan fingerprint density at radius 2 is 1.82 bits per heavy atom.